The SMILES string of the molecule is Cc1cccc(C)c1OCC(NC(=O)C1CC12CCNCC2)C(C)(C)C. The predicted molar refractivity (Wildman–Crippen MR) is 105 cm³/mol. The smallest absolute Gasteiger partial charge is 0.224 e. The lowest BCUT2D eigenvalue weighted by atomic mass is 9.86. The van der Waals surface area contributed by atoms with Gasteiger partial charge in [-0.15, -0.1) is 0 Å². The number of benzene rings is 1. The van der Waals surface area contributed by atoms with Gasteiger partial charge in [0.15, 0.2) is 0 Å². The van der Waals surface area contributed by atoms with E-state index in [0.717, 1.165) is 49.2 Å². The Bertz CT molecular complexity index is 636. The fraction of sp³-hybridized carbons (Fsp3) is 0.682. The van der Waals surface area contributed by atoms with Crippen LogP contribution >= 0.6 is 0 Å². The predicted octanol–water partition coefficient (Wildman–Crippen LogP) is 3.60. The lowest BCUT2D eigenvalue weighted by Crippen LogP contribution is -2.48. The van der Waals surface area contributed by atoms with Gasteiger partial charge in [0.1, 0.15) is 12.4 Å². The van der Waals surface area contributed by atoms with E-state index in [1.54, 1.807) is 0 Å². The van der Waals surface area contributed by atoms with Gasteiger partial charge >= 0.3 is 0 Å². The molecule has 3 rings (SSSR count). The van der Waals surface area contributed by atoms with E-state index in [2.05, 4.69) is 57.4 Å². The molecule has 2 atom stereocenters. The summed E-state index contributed by atoms with van der Waals surface area (Å²) >= 11 is 0. The molecule has 4 nitrogen and oxygen atoms in total. The Balaban J connectivity index is 1.63. The van der Waals surface area contributed by atoms with Crippen LogP contribution in [0.4, 0.5) is 0 Å². The first-order chi connectivity index (χ1) is 12.2. The molecule has 0 bridgehead atoms. The highest BCUT2D eigenvalue weighted by Crippen LogP contribution is 2.58. The number of ether oxygens (including phenoxy) is 1. The molecular formula is C22H34N2O2. The first kappa shape index (κ1) is 19.2. The van der Waals surface area contributed by atoms with E-state index < -0.39 is 0 Å². The second-order valence-corrected chi connectivity index (χ2v) is 9.33. The highest BCUT2D eigenvalue weighted by atomic mass is 16.5. The Morgan fingerprint density at radius 2 is 1.88 bits per heavy atom. The zero-order valence-electron chi connectivity index (χ0n) is 16.9. The Morgan fingerprint density at radius 1 is 1.27 bits per heavy atom. The lowest BCUT2D eigenvalue weighted by molar-refractivity contribution is -0.125. The number of rotatable bonds is 5. The first-order valence-corrected chi connectivity index (χ1v) is 9.93. The maximum absolute atomic E-state index is 12.9. The third-order valence-corrected chi connectivity index (χ3v) is 6.27. The monoisotopic (exact) mass is 358 g/mol. The van der Waals surface area contributed by atoms with E-state index in [-0.39, 0.29) is 28.7 Å². The van der Waals surface area contributed by atoms with Gasteiger partial charge in [-0.1, -0.05) is 39.0 Å². The fourth-order valence-corrected chi connectivity index (χ4v) is 4.17. The zero-order valence-corrected chi connectivity index (χ0v) is 16.9. The summed E-state index contributed by atoms with van der Waals surface area (Å²) in [6.07, 6.45) is 3.31. The van der Waals surface area contributed by atoms with Crippen LogP contribution < -0.4 is 15.4 Å². The van der Waals surface area contributed by atoms with Crippen molar-refractivity contribution in [1.82, 2.24) is 10.6 Å². The minimum Gasteiger partial charge on any atom is -0.491 e. The molecule has 1 spiro atoms. The molecule has 1 saturated heterocycles. The number of para-hydroxylation sites is 1. The standard InChI is InChI=1S/C22H34N2O2/c1-15-7-6-8-16(2)19(15)26-14-18(21(3,4)5)24-20(25)17-13-22(17)9-11-23-12-10-22/h6-8,17-18,23H,9-14H2,1-5H3,(H,24,25). The Kier molecular flexibility index (Phi) is 5.34. The van der Waals surface area contributed by atoms with Crippen LogP contribution in [0.2, 0.25) is 0 Å². The third-order valence-electron chi connectivity index (χ3n) is 6.27. The van der Waals surface area contributed by atoms with Gasteiger partial charge in [-0.3, -0.25) is 4.79 Å². The lowest BCUT2D eigenvalue weighted by Gasteiger charge is -2.32. The number of aryl methyl sites for hydroxylation is 2. The van der Waals surface area contributed by atoms with Gasteiger partial charge in [0.2, 0.25) is 5.91 Å². The van der Waals surface area contributed by atoms with Crippen LogP contribution in [0, 0.1) is 30.6 Å². The molecule has 1 amide bonds. The highest BCUT2D eigenvalue weighted by Gasteiger charge is 2.58. The van der Waals surface area contributed by atoms with Crippen LogP contribution in [-0.2, 0) is 4.79 Å². The van der Waals surface area contributed by atoms with Crippen LogP contribution in [0.25, 0.3) is 0 Å². The van der Waals surface area contributed by atoms with Crippen molar-refractivity contribution in [3.63, 3.8) is 0 Å². The Labute approximate surface area is 158 Å². The molecule has 2 N–H and O–H groups in total. The second kappa shape index (κ2) is 7.22. The van der Waals surface area contributed by atoms with Crippen molar-refractivity contribution < 1.29 is 9.53 Å². The summed E-state index contributed by atoms with van der Waals surface area (Å²) in [5, 5.41) is 6.72. The summed E-state index contributed by atoms with van der Waals surface area (Å²) in [5.74, 6) is 1.35. The van der Waals surface area contributed by atoms with Crippen LogP contribution in [0.3, 0.4) is 0 Å². The average Bonchev–Trinajstić information content (AvgIpc) is 3.26. The molecule has 1 heterocycles. The zero-order chi connectivity index (χ0) is 18.9. The van der Waals surface area contributed by atoms with Crippen molar-refractivity contribution in [2.24, 2.45) is 16.7 Å². The summed E-state index contributed by atoms with van der Waals surface area (Å²) in [6.45, 7) is 13.2. The number of nitrogens with one attached hydrogen (secondary N) is 2. The summed E-state index contributed by atoms with van der Waals surface area (Å²) in [5.41, 5.74) is 2.49. The summed E-state index contributed by atoms with van der Waals surface area (Å²) in [7, 11) is 0. The topological polar surface area (TPSA) is 50.4 Å². The van der Waals surface area contributed by atoms with Crippen LogP contribution in [0.1, 0.15) is 51.2 Å². The van der Waals surface area contributed by atoms with E-state index >= 15 is 0 Å². The van der Waals surface area contributed by atoms with Gasteiger partial charge in [0, 0.05) is 5.92 Å². The molecule has 1 aliphatic carbocycles. The van der Waals surface area contributed by atoms with E-state index in [1.165, 1.54) is 0 Å². The van der Waals surface area contributed by atoms with E-state index in [9.17, 15) is 4.79 Å². The third kappa shape index (κ3) is 4.06. The van der Waals surface area contributed by atoms with E-state index in [1.807, 2.05) is 6.07 Å². The molecule has 4 heteroatoms. The van der Waals surface area contributed by atoms with E-state index in [4.69, 9.17) is 4.74 Å². The molecular weight excluding hydrogens is 324 g/mol. The number of carbonyl (C=O) groups is 1. The molecule has 144 valence electrons. The van der Waals surface area contributed by atoms with Gasteiger partial charge in [0.05, 0.1) is 6.04 Å². The number of carbonyl (C=O) groups excluding carboxylic acids is 1. The molecule has 1 aromatic rings. The summed E-state index contributed by atoms with van der Waals surface area (Å²) < 4.78 is 6.17. The molecule has 2 fully saturated rings. The average molecular weight is 359 g/mol. The molecule has 1 aromatic carbocycles. The number of piperidine rings is 1. The Morgan fingerprint density at radius 3 is 2.46 bits per heavy atom. The van der Waals surface area contributed by atoms with Gasteiger partial charge in [0.25, 0.3) is 0 Å². The normalized spacial score (nSPS) is 22.7. The van der Waals surface area contributed by atoms with Crippen molar-refractivity contribution in [3.8, 4) is 5.75 Å². The molecule has 0 aromatic heterocycles. The van der Waals surface area contributed by atoms with Gasteiger partial charge in [-0.25, -0.2) is 0 Å². The quantitative estimate of drug-likeness (QED) is 0.845. The summed E-state index contributed by atoms with van der Waals surface area (Å²) in [4.78, 5) is 12.9. The van der Waals surface area contributed by atoms with Gasteiger partial charge < -0.3 is 15.4 Å². The molecule has 0 radical (unpaired) electrons. The molecule has 26 heavy (non-hydrogen) atoms. The van der Waals surface area contributed by atoms with Crippen molar-refractivity contribution in [2.75, 3.05) is 19.7 Å². The number of hydrogen-bond acceptors (Lipinski definition) is 3. The summed E-state index contributed by atoms with van der Waals surface area (Å²) in [6, 6.07) is 6.18. The molecule has 2 unspecified atom stereocenters. The molecule has 1 aliphatic heterocycles. The number of amides is 1. The van der Waals surface area contributed by atoms with Crippen LogP contribution in [-0.4, -0.2) is 31.6 Å². The fourth-order valence-electron chi connectivity index (χ4n) is 4.17. The number of hydrogen-bond donors (Lipinski definition) is 2. The second-order valence-electron chi connectivity index (χ2n) is 9.33. The molecule has 2 aliphatic rings. The van der Waals surface area contributed by atoms with Crippen molar-refractivity contribution in [1.29, 1.82) is 0 Å². The van der Waals surface area contributed by atoms with Gasteiger partial charge in [-0.2, -0.15) is 0 Å². The Hall–Kier alpha value is -1.55. The maximum atomic E-state index is 12.9. The minimum absolute atomic E-state index is 0.00614. The van der Waals surface area contributed by atoms with Gasteiger partial charge in [-0.05, 0) is 68.2 Å². The largest absolute Gasteiger partial charge is 0.491 e. The van der Waals surface area contributed by atoms with Crippen molar-refractivity contribution >= 4 is 5.91 Å². The van der Waals surface area contributed by atoms with Crippen molar-refractivity contribution in [2.45, 2.75) is 59.9 Å². The van der Waals surface area contributed by atoms with Crippen molar-refractivity contribution in [3.05, 3.63) is 29.3 Å². The molecule has 1 saturated carbocycles. The minimum atomic E-state index is -0.0532. The van der Waals surface area contributed by atoms with E-state index in [0.29, 0.717) is 6.61 Å². The highest BCUT2D eigenvalue weighted by molar-refractivity contribution is 5.83. The first-order valence-electron chi connectivity index (χ1n) is 9.93. The maximum Gasteiger partial charge on any atom is 0.224 e. The van der Waals surface area contributed by atoms with Crippen LogP contribution in [0.15, 0.2) is 18.2 Å². The van der Waals surface area contributed by atoms with Crippen LogP contribution in [0.5, 0.6) is 5.75 Å².